The molecule has 1 aromatic rings. The summed E-state index contributed by atoms with van der Waals surface area (Å²) in [5.41, 5.74) is 1.05. The first-order valence-corrected chi connectivity index (χ1v) is 12.9. The van der Waals surface area contributed by atoms with Gasteiger partial charge in [-0.25, -0.2) is 0 Å². The third-order valence-corrected chi connectivity index (χ3v) is 5.56. The van der Waals surface area contributed by atoms with E-state index in [1.807, 2.05) is 35.2 Å². The Kier molecular flexibility index (Phi) is 19.0. The number of benzene rings is 1. The van der Waals surface area contributed by atoms with E-state index in [0.717, 1.165) is 5.56 Å². The minimum atomic E-state index is -0.368. The molecule has 0 spiro atoms. The van der Waals surface area contributed by atoms with Crippen LogP contribution in [0.25, 0.3) is 0 Å². The van der Waals surface area contributed by atoms with Gasteiger partial charge < -0.3 is 33.3 Å². The standard InChI is InChI=1S/C27H42N2O10/c1-34-25(31)9-15-37-18-12-28(21-23-7-5-4-6-8-23)22-24(30)29(13-19-38-16-10-26(32)35-2)14-20-39-17-11-27(33)36-3/h4-8H,9-22H2,1-3H3. The number of nitrogens with zero attached hydrogens (tertiary/aromatic N) is 2. The molecule has 0 radical (unpaired) electrons. The minimum absolute atomic E-state index is 0.125. The van der Waals surface area contributed by atoms with Gasteiger partial charge in [0.2, 0.25) is 5.91 Å². The van der Waals surface area contributed by atoms with Crippen LogP contribution in [0.2, 0.25) is 0 Å². The molecule has 0 saturated carbocycles. The highest BCUT2D eigenvalue weighted by Crippen LogP contribution is 2.06. The maximum atomic E-state index is 13.3. The fourth-order valence-electron chi connectivity index (χ4n) is 3.33. The first kappa shape index (κ1) is 34.0. The molecule has 0 heterocycles. The van der Waals surface area contributed by atoms with Crippen molar-refractivity contribution in [2.45, 2.75) is 25.8 Å². The Labute approximate surface area is 230 Å². The summed E-state index contributed by atoms with van der Waals surface area (Å²) in [5.74, 6) is -1.21. The van der Waals surface area contributed by atoms with Crippen LogP contribution in [0.5, 0.6) is 0 Å². The van der Waals surface area contributed by atoms with Crippen molar-refractivity contribution in [2.24, 2.45) is 0 Å². The second-order valence-electron chi connectivity index (χ2n) is 8.39. The zero-order valence-electron chi connectivity index (χ0n) is 23.3. The zero-order chi connectivity index (χ0) is 28.7. The van der Waals surface area contributed by atoms with Crippen LogP contribution in [0.3, 0.4) is 0 Å². The summed E-state index contributed by atoms with van der Waals surface area (Å²) in [7, 11) is 3.96. The van der Waals surface area contributed by atoms with E-state index in [0.29, 0.717) is 32.8 Å². The van der Waals surface area contributed by atoms with Crippen molar-refractivity contribution in [3.63, 3.8) is 0 Å². The van der Waals surface area contributed by atoms with Crippen molar-refractivity contribution in [2.75, 3.05) is 87.1 Å². The Bertz CT molecular complexity index is 811. The Morgan fingerprint density at radius 3 is 1.49 bits per heavy atom. The lowest BCUT2D eigenvalue weighted by Gasteiger charge is -2.27. The largest absolute Gasteiger partial charge is 0.469 e. The van der Waals surface area contributed by atoms with Crippen LogP contribution in [-0.2, 0) is 54.1 Å². The zero-order valence-corrected chi connectivity index (χ0v) is 23.3. The van der Waals surface area contributed by atoms with Gasteiger partial charge in [-0.1, -0.05) is 30.3 Å². The first-order valence-electron chi connectivity index (χ1n) is 12.9. The molecule has 1 rings (SSSR count). The fourth-order valence-corrected chi connectivity index (χ4v) is 3.33. The van der Waals surface area contributed by atoms with E-state index in [4.69, 9.17) is 14.2 Å². The number of amides is 1. The Morgan fingerprint density at radius 2 is 1.05 bits per heavy atom. The van der Waals surface area contributed by atoms with Gasteiger partial charge >= 0.3 is 17.9 Å². The average Bonchev–Trinajstić information content (AvgIpc) is 2.95. The van der Waals surface area contributed by atoms with Crippen LogP contribution in [0.4, 0.5) is 0 Å². The van der Waals surface area contributed by atoms with Crippen LogP contribution in [0, 0.1) is 0 Å². The quantitative estimate of drug-likeness (QED) is 0.116. The van der Waals surface area contributed by atoms with E-state index < -0.39 is 0 Å². The maximum Gasteiger partial charge on any atom is 0.307 e. The third kappa shape index (κ3) is 17.2. The van der Waals surface area contributed by atoms with Gasteiger partial charge in [-0.05, 0) is 5.56 Å². The molecule has 39 heavy (non-hydrogen) atoms. The highest BCUT2D eigenvalue weighted by Gasteiger charge is 2.18. The number of carbonyl (C=O) groups is 4. The minimum Gasteiger partial charge on any atom is -0.469 e. The molecule has 1 amide bonds. The number of carbonyl (C=O) groups excluding carboxylic acids is 4. The second-order valence-corrected chi connectivity index (χ2v) is 8.39. The molecule has 220 valence electrons. The van der Waals surface area contributed by atoms with Crippen molar-refractivity contribution in [3.8, 4) is 0 Å². The van der Waals surface area contributed by atoms with E-state index in [9.17, 15) is 19.2 Å². The summed E-state index contributed by atoms with van der Waals surface area (Å²) in [5, 5.41) is 0. The lowest BCUT2D eigenvalue weighted by molar-refractivity contribution is -0.143. The van der Waals surface area contributed by atoms with E-state index >= 15 is 0 Å². The topological polar surface area (TPSA) is 130 Å². The predicted molar refractivity (Wildman–Crippen MR) is 141 cm³/mol. The molecular weight excluding hydrogens is 512 g/mol. The summed E-state index contributed by atoms with van der Waals surface area (Å²) in [4.78, 5) is 50.8. The SMILES string of the molecule is COC(=O)CCOCCN(CC(=O)N(CCOCCC(=O)OC)CCOCCC(=O)OC)Cc1ccccc1. The van der Waals surface area contributed by atoms with Gasteiger partial charge in [-0.3, -0.25) is 24.1 Å². The second kappa shape index (κ2) is 21.8. The lowest BCUT2D eigenvalue weighted by Crippen LogP contribution is -2.44. The maximum absolute atomic E-state index is 13.3. The third-order valence-electron chi connectivity index (χ3n) is 5.56. The van der Waals surface area contributed by atoms with E-state index in [1.54, 1.807) is 4.90 Å². The van der Waals surface area contributed by atoms with Crippen molar-refractivity contribution in [3.05, 3.63) is 35.9 Å². The molecule has 12 nitrogen and oxygen atoms in total. The van der Waals surface area contributed by atoms with Crippen LogP contribution in [-0.4, -0.2) is 121 Å². The summed E-state index contributed by atoms with van der Waals surface area (Å²) in [6, 6.07) is 9.77. The predicted octanol–water partition coefficient (Wildman–Crippen LogP) is 1.06. The lowest BCUT2D eigenvalue weighted by atomic mass is 10.2. The van der Waals surface area contributed by atoms with E-state index in [1.165, 1.54) is 21.3 Å². The van der Waals surface area contributed by atoms with Gasteiger partial charge in [0, 0.05) is 26.2 Å². The van der Waals surface area contributed by atoms with Gasteiger partial charge in [0.1, 0.15) is 0 Å². The molecular formula is C27H42N2O10. The van der Waals surface area contributed by atoms with Crippen molar-refractivity contribution >= 4 is 23.8 Å². The number of rotatable bonds is 22. The molecule has 0 aliphatic rings. The van der Waals surface area contributed by atoms with Crippen molar-refractivity contribution in [1.29, 1.82) is 0 Å². The summed E-state index contributed by atoms with van der Waals surface area (Å²) in [6.45, 7) is 3.15. The molecule has 12 heteroatoms. The van der Waals surface area contributed by atoms with Gasteiger partial charge in [-0.15, -0.1) is 0 Å². The Morgan fingerprint density at radius 1 is 0.615 bits per heavy atom. The summed E-state index contributed by atoms with van der Waals surface area (Å²) < 4.78 is 30.4. The fraction of sp³-hybridized carbons (Fsp3) is 0.630. The monoisotopic (exact) mass is 554 g/mol. The molecule has 0 unspecified atom stereocenters. The molecule has 1 aromatic carbocycles. The highest BCUT2D eigenvalue weighted by atomic mass is 16.5. The van der Waals surface area contributed by atoms with Gasteiger partial charge in [0.05, 0.1) is 86.8 Å². The number of methoxy groups -OCH3 is 3. The Hall–Kier alpha value is -3.06. The van der Waals surface area contributed by atoms with Crippen LogP contribution >= 0.6 is 0 Å². The first-order chi connectivity index (χ1) is 18.9. The van der Waals surface area contributed by atoms with Crippen LogP contribution < -0.4 is 0 Å². The van der Waals surface area contributed by atoms with Gasteiger partial charge in [-0.2, -0.15) is 0 Å². The van der Waals surface area contributed by atoms with Crippen LogP contribution in [0.15, 0.2) is 30.3 Å². The molecule has 0 aliphatic heterocycles. The Balaban J connectivity index is 2.71. The van der Waals surface area contributed by atoms with Crippen molar-refractivity contribution in [1.82, 2.24) is 9.80 Å². The molecule has 0 bridgehead atoms. The normalized spacial score (nSPS) is 10.8. The van der Waals surface area contributed by atoms with Crippen LogP contribution in [0.1, 0.15) is 24.8 Å². The average molecular weight is 555 g/mol. The van der Waals surface area contributed by atoms with Crippen molar-refractivity contribution < 1.29 is 47.6 Å². The molecule has 0 fully saturated rings. The number of esters is 3. The van der Waals surface area contributed by atoms with Gasteiger partial charge in [0.15, 0.2) is 0 Å². The van der Waals surface area contributed by atoms with E-state index in [-0.39, 0.29) is 82.7 Å². The highest BCUT2D eigenvalue weighted by molar-refractivity contribution is 5.78. The summed E-state index contributed by atoms with van der Waals surface area (Å²) >= 11 is 0. The van der Waals surface area contributed by atoms with Gasteiger partial charge in [0.25, 0.3) is 0 Å². The van der Waals surface area contributed by atoms with E-state index in [2.05, 4.69) is 14.2 Å². The summed E-state index contributed by atoms with van der Waals surface area (Å²) in [6.07, 6.45) is 0.414. The number of hydrogen-bond donors (Lipinski definition) is 0. The smallest absolute Gasteiger partial charge is 0.307 e. The number of hydrogen-bond acceptors (Lipinski definition) is 11. The molecule has 0 aromatic heterocycles. The number of ether oxygens (including phenoxy) is 6. The molecule has 0 N–H and O–H groups in total. The molecule has 0 saturated heterocycles. The molecule has 0 atom stereocenters. The molecule has 0 aliphatic carbocycles.